The average Bonchev–Trinajstić information content (AvgIpc) is 3.46. The Labute approximate surface area is 205 Å². The fourth-order valence-electron chi connectivity index (χ4n) is 5.42. The van der Waals surface area contributed by atoms with Crippen molar-refractivity contribution in [2.45, 2.75) is 45.6 Å². The summed E-state index contributed by atoms with van der Waals surface area (Å²) in [6.07, 6.45) is 12.2. The molecule has 2 fully saturated rings. The van der Waals surface area contributed by atoms with E-state index in [2.05, 4.69) is 40.2 Å². The molecule has 1 aliphatic heterocycles. The van der Waals surface area contributed by atoms with Gasteiger partial charge in [0.25, 0.3) is 5.91 Å². The number of nitrogens with zero attached hydrogens (tertiary/aromatic N) is 5. The van der Waals surface area contributed by atoms with Crippen molar-refractivity contribution in [1.29, 1.82) is 0 Å². The standard InChI is InChI=1S/C28H30N6O/c1-28(9-2-3-10-28)18-34-17-21(15-31-34)23-7-8-24(27(29)35)32-26(23)20-6-5-19-13-22(33-11-4-12-33)16-30-25(19)14-20/h5-8,13-17H,2-4,9-12,18H2,1H3,(H2,29,35). The maximum atomic E-state index is 11.9. The van der Waals surface area contributed by atoms with E-state index in [1.165, 1.54) is 32.1 Å². The van der Waals surface area contributed by atoms with E-state index in [-0.39, 0.29) is 5.69 Å². The Hall–Kier alpha value is -3.74. The fourth-order valence-corrected chi connectivity index (χ4v) is 5.42. The molecule has 0 spiro atoms. The molecular weight excluding hydrogens is 436 g/mol. The molecule has 4 aromatic rings. The van der Waals surface area contributed by atoms with Crippen LogP contribution in [0.4, 0.5) is 5.69 Å². The number of carbonyl (C=O) groups is 1. The zero-order chi connectivity index (χ0) is 24.0. The molecule has 0 radical (unpaired) electrons. The van der Waals surface area contributed by atoms with Gasteiger partial charge in [0.2, 0.25) is 0 Å². The third kappa shape index (κ3) is 4.16. The Kier molecular flexibility index (Phi) is 5.28. The SMILES string of the molecule is CC1(Cn2cc(-c3ccc(C(N)=O)nc3-c3ccc4cc(N5CCC5)cnc4c3)cn2)CCCC1. The predicted molar refractivity (Wildman–Crippen MR) is 138 cm³/mol. The number of nitrogens with two attached hydrogens (primary N) is 1. The Balaban J connectivity index is 1.38. The Morgan fingerprint density at radius 1 is 1.03 bits per heavy atom. The molecule has 2 N–H and O–H groups in total. The van der Waals surface area contributed by atoms with Crippen LogP contribution in [-0.4, -0.2) is 38.7 Å². The van der Waals surface area contributed by atoms with Crippen molar-refractivity contribution in [1.82, 2.24) is 19.7 Å². The molecule has 1 saturated heterocycles. The maximum Gasteiger partial charge on any atom is 0.267 e. The molecule has 0 unspecified atom stereocenters. The highest BCUT2D eigenvalue weighted by Crippen LogP contribution is 2.39. The van der Waals surface area contributed by atoms with Crippen LogP contribution in [0.2, 0.25) is 0 Å². The number of rotatable bonds is 6. The monoisotopic (exact) mass is 466 g/mol. The summed E-state index contributed by atoms with van der Waals surface area (Å²) in [6.45, 7) is 5.44. The lowest BCUT2D eigenvalue weighted by Crippen LogP contribution is -2.36. The molecule has 3 aromatic heterocycles. The lowest BCUT2D eigenvalue weighted by atomic mass is 9.89. The van der Waals surface area contributed by atoms with Gasteiger partial charge in [0, 0.05) is 47.9 Å². The van der Waals surface area contributed by atoms with Gasteiger partial charge in [0.1, 0.15) is 5.69 Å². The summed E-state index contributed by atoms with van der Waals surface area (Å²) >= 11 is 0. The van der Waals surface area contributed by atoms with E-state index >= 15 is 0 Å². The van der Waals surface area contributed by atoms with Crippen LogP contribution in [0.1, 0.15) is 49.5 Å². The predicted octanol–water partition coefficient (Wildman–Crippen LogP) is 5.05. The van der Waals surface area contributed by atoms with E-state index in [0.29, 0.717) is 11.1 Å². The van der Waals surface area contributed by atoms with Crippen molar-refractivity contribution in [3.8, 4) is 22.4 Å². The molecular formula is C28H30N6O. The minimum Gasteiger partial charge on any atom is -0.370 e. The lowest BCUT2D eigenvalue weighted by molar-refractivity contribution is 0.0995. The minimum absolute atomic E-state index is 0.246. The second kappa shape index (κ2) is 8.48. The minimum atomic E-state index is -0.541. The van der Waals surface area contributed by atoms with Crippen LogP contribution in [0, 0.1) is 5.41 Å². The molecule has 35 heavy (non-hydrogen) atoms. The van der Waals surface area contributed by atoms with Crippen molar-refractivity contribution >= 4 is 22.5 Å². The average molecular weight is 467 g/mol. The lowest BCUT2D eigenvalue weighted by Gasteiger charge is -2.32. The van der Waals surface area contributed by atoms with Crippen molar-refractivity contribution in [2.24, 2.45) is 11.1 Å². The third-order valence-electron chi connectivity index (χ3n) is 7.61. The number of carbonyl (C=O) groups excluding carboxylic acids is 1. The molecule has 0 atom stereocenters. The van der Waals surface area contributed by atoms with Gasteiger partial charge in [-0.3, -0.25) is 14.5 Å². The molecule has 1 aromatic carbocycles. The van der Waals surface area contributed by atoms with E-state index in [1.807, 2.05) is 35.3 Å². The second-order valence-electron chi connectivity index (χ2n) is 10.3. The number of pyridine rings is 2. The van der Waals surface area contributed by atoms with E-state index < -0.39 is 5.91 Å². The number of amides is 1. The molecule has 7 heteroatoms. The van der Waals surface area contributed by atoms with Gasteiger partial charge < -0.3 is 10.6 Å². The molecule has 1 saturated carbocycles. The first-order valence-corrected chi connectivity index (χ1v) is 12.5. The molecule has 2 aliphatic rings. The summed E-state index contributed by atoms with van der Waals surface area (Å²) < 4.78 is 2.05. The van der Waals surface area contributed by atoms with Crippen LogP contribution < -0.4 is 10.6 Å². The van der Waals surface area contributed by atoms with Crippen molar-refractivity contribution in [2.75, 3.05) is 18.0 Å². The highest BCUT2D eigenvalue weighted by atomic mass is 16.1. The zero-order valence-corrected chi connectivity index (χ0v) is 20.1. The van der Waals surface area contributed by atoms with Crippen LogP contribution in [0.15, 0.2) is 55.0 Å². The number of anilines is 1. The van der Waals surface area contributed by atoms with E-state index in [1.54, 1.807) is 6.07 Å². The first-order valence-electron chi connectivity index (χ1n) is 12.5. The molecule has 178 valence electrons. The number of hydrogen-bond acceptors (Lipinski definition) is 5. The Morgan fingerprint density at radius 2 is 1.86 bits per heavy atom. The summed E-state index contributed by atoms with van der Waals surface area (Å²) in [6, 6.07) is 12.0. The van der Waals surface area contributed by atoms with Gasteiger partial charge >= 0.3 is 0 Å². The van der Waals surface area contributed by atoms with Crippen molar-refractivity contribution < 1.29 is 4.79 Å². The van der Waals surface area contributed by atoms with Crippen LogP contribution >= 0.6 is 0 Å². The molecule has 1 aliphatic carbocycles. The molecule has 4 heterocycles. The highest BCUT2D eigenvalue weighted by Gasteiger charge is 2.29. The van der Waals surface area contributed by atoms with Crippen LogP contribution in [-0.2, 0) is 6.54 Å². The second-order valence-corrected chi connectivity index (χ2v) is 10.3. The smallest absolute Gasteiger partial charge is 0.267 e. The third-order valence-corrected chi connectivity index (χ3v) is 7.61. The maximum absolute atomic E-state index is 11.9. The van der Waals surface area contributed by atoms with E-state index in [4.69, 9.17) is 10.7 Å². The van der Waals surface area contributed by atoms with Crippen LogP contribution in [0.3, 0.4) is 0 Å². The Bertz CT molecular complexity index is 1410. The topological polar surface area (TPSA) is 89.9 Å². The van der Waals surface area contributed by atoms with Crippen LogP contribution in [0.25, 0.3) is 33.3 Å². The zero-order valence-electron chi connectivity index (χ0n) is 20.1. The first-order chi connectivity index (χ1) is 17.0. The largest absolute Gasteiger partial charge is 0.370 e. The summed E-state index contributed by atoms with van der Waals surface area (Å²) in [7, 11) is 0. The number of primary amides is 1. The fraction of sp³-hybridized carbons (Fsp3) is 0.357. The quantitative estimate of drug-likeness (QED) is 0.429. The number of fused-ring (bicyclic) bond motifs is 1. The normalized spacial score (nSPS) is 17.0. The van der Waals surface area contributed by atoms with Crippen molar-refractivity contribution in [3.63, 3.8) is 0 Å². The molecule has 6 rings (SSSR count). The number of hydrogen-bond donors (Lipinski definition) is 1. The van der Waals surface area contributed by atoms with Gasteiger partial charge in [0.15, 0.2) is 0 Å². The highest BCUT2D eigenvalue weighted by molar-refractivity contribution is 5.94. The van der Waals surface area contributed by atoms with Crippen LogP contribution in [0.5, 0.6) is 0 Å². The number of benzene rings is 1. The summed E-state index contributed by atoms with van der Waals surface area (Å²) in [4.78, 5) is 23.7. The summed E-state index contributed by atoms with van der Waals surface area (Å²) in [5, 5.41) is 5.75. The van der Waals surface area contributed by atoms with Gasteiger partial charge in [-0.05, 0) is 48.9 Å². The summed E-state index contributed by atoms with van der Waals surface area (Å²) in [5.41, 5.74) is 11.7. The van der Waals surface area contributed by atoms with Gasteiger partial charge in [-0.2, -0.15) is 5.10 Å². The van der Waals surface area contributed by atoms with E-state index in [0.717, 1.165) is 52.9 Å². The summed E-state index contributed by atoms with van der Waals surface area (Å²) in [5.74, 6) is -0.541. The Morgan fingerprint density at radius 3 is 2.60 bits per heavy atom. The number of aromatic nitrogens is 4. The van der Waals surface area contributed by atoms with E-state index in [9.17, 15) is 4.79 Å². The van der Waals surface area contributed by atoms with Gasteiger partial charge in [-0.15, -0.1) is 0 Å². The van der Waals surface area contributed by atoms with Gasteiger partial charge in [0.05, 0.1) is 29.3 Å². The van der Waals surface area contributed by atoms with Crippen molar-refractivity contribution in [3.05, 3.63) is 60.7 Å². The first kappa shape index (κ1) is 21.8. The molecule has 0 bridgehead atoms. The van der Waals surface area contributed by atoms with Gasteiger partial charge in [-0.25, -0.2) is 4.98 Å². The molecule has 7 nitrogen and oxygen atoms in total. The molecule has 1 amide bonds. The van der Waals surface area contributed by atoms with Gasteiger partial charge in [-0.1, -0.05) is 31.9 Å².